The van der Waals surface area contributed by atoms with Crippen molar-refractivity contribution in [1.29, 1.82) is 0 Å². The Kier molecular flexibility index (Phi) is 3.93. The average Bonchev–Trinajstić information content (AvgIpc) is 2.14. The molecule has 0 aliphatic heterocycles. The van der Waals surface area contributed by atoms with Gasteiger partial charge in [-0.25, -0.2) is 9.37 Å². The summed E-state index contributed by atoms with van der Waals surface area (Å²) in [5.41, 5.74) is 0. The Morgan fingerprint density at radius 1 is 1.50 bits per heavy atom. The highest BCUT2D eigenvalue weighted by atomic mass is 35.5. The molecule has 1 unspecified atom stereocenters. The molecule has 1 atom stereocenters. The van der Waals surface area contributed by atoms with Crippen molar-refractivity contribution in [3.8, 4) is 0 Å². The van der Waals surface area contributed by atoms with Crippen LogP contribution in [0.5, 0.6) is 0 Å². The second kappa shape index (κ2) is 4.84. The molecule has 1 aromatic heterocycles. The summed E-state index contributed by atoms with van der Waals surface area (Å²) in [7, 11) is 0. The van der Waals surface area contributed by atoms with Crippen molar-refractivity contribution in [3.05, 3.63) is 23.1 Å². The van der Waals surface area contributed by atoms with E-state index < -0.39 is 30.5 Å². The number of halogens is 5. The highest BCUT2D eigenvalue weighted by Gasteiger charge is 2.37. The molecular weight excluding hydrogens is 252 g/mol. The molecule has 8 heteroatoms. The first-order chi connectivity index (χ1) is 7.30. The number of pyridine rings is 1. The minimum Gasteiger partial charge on any atom is -0.382 e. The van der Waals surface area contributed by atoms with Gasteiger partial charge in [0.1, 0.15) is 0 Å². The van der Waals surface area contributed by atoms with Crippen molar-refractivity contribution >= 4 is 17.4 Å². The third-order valence-corrected chi connectivity index (χ3v) is 1.86. The standard InChI is InChI=1S/C8H7ClF4N2O/c9-4-1-5(10)7(14-2-4)15-3-6(16)8(11,12)13/h1-2,6,16H,3H2,(H,14,15). The van der Waals surface area contributed by atoms with Gasteiger partial charge in [-0.15, -0.1) is 0 Å². The summed E-state index contributed by atoms with van der Waals surface area (Å²) in [6.45, 7) is -0.880. The molecule has 16 heavy (non-hydrogen) atoms. The SMILES string of the molecule is OC(CNc1ncc(Cl)cc1F)C(F)(F)F. The second-order valence-electron chi connectivity index (χ2n) is 2.92. The fraction of sp³-hybridized carbons (Fsp3) is 0.375. The molecule has 0 amide bonds. The van der Waals surface area contributed by atoms with E-state index >= 15 is 0 Å². The topological polar surface area (TPSA) is 45.1 Å². The van der Waals surface area contributed by atoms with Crippen LogP contribution in [0.2, 0.25) is 5.02 Å². The fourth-order valence-corrected chi connectivity index (χ4v) is 0.998. The highest BCUT2D eigenvalue weighted by molar-refractivity contribution is 6.30. The van der Waals surface area contributed by atoms with Crippen molar-refractivity contribution in [2.24, 2.45) is 0 Å². The number of aliphatic hydroxyl groups excluding tert-OH is 1. The molecule has 0 aliphatic rings. The number of hydrogen-bond donors (Lipinski definition) is 2. The highest BCUT2D eigenvalue weighted by Crippen LogP contribution is 2.21. The third kappa shape index (κ3) is 3.49. The molecule has 0 spiro atoms. The Bertz CT molecular complexity index is 372. The van der Waals surface area contributed by atoms with Gasteiger partial charge in [0.25, 0.3) is 0 Å². The summed E-state index contributed by atoms with van der Waals surface area (Å²) in [5.74, 6) is -1.28. The summed E-state index contributed by atoms with van der Waals surface area (Å²) < 4.78 is 48.7. The monoisotopic (exact) mass is 258 g/mol. The summed E-state index contributed by atoms with van der Waals surface area (Å²) >= 11 is 5.39. The lowest BCUT2D eigenvalue weighted by atomic mass is 10.3. The Hall–Kier alpha value is -1.08. The number of hydrogen-bond acceptors (Lipinski definition) is 3. The number of nitrogens with zero attached hydrogens (tertiary/aromatic N) is 1. The summed E-state index contributed by atoms with van der Waals surface area (Å²) in [4.78, 5) is 3.44. The van der Waals surface area contributed by atoms with Gasteiger partial charge < -0.3 is 10.4 Å². The Balaban J connectivity index is 2.62. The van der Waals surface area contributed by atoms with E-state index in [4.69, 9.17) is 16.7 Å². The van der Waals surface area contributed by atoms with Crippen LogP contribution < -0.4 is 5.32 Å². The summed E-state index contributed by atoms with van der Waals surface area (Å²) in [6.07, 6.45) is -6.26. The van der Waals surface area contributed by atoms with E-state index in [0.717, 1.165) is 12.3 Å². The molecule has 3 nitrogen and oxygen atoms in total. The number of aromatic nitrogens is 1. The summed E-state index contributed by atoms with van der Waals surface area (Å²) in [5, 5.41) is 10.7. The van der Waals surface area contributed by atoms with Crippen molar-refractivity contribution in [3.63, 3.8) is 0 Å². The minimum absolute atomic E-state index is 0.0272. The second-order valence-corrected chi connectivity index (χ2v) is 3.36. The van der Waals surface area contributed by atoms with Gasteiger partial charge in [-0.3, -0.25) is 0 Å². The maximum atomic E-state index is 13.0. The van der Waals surface area contributed by atoms with Gasteiger partial charge >= 0.3 is 6.18 Å². The van der Waals surface area contributed by atoms with Gasteiger partial charge in [-0.05, 0) is 6.07 Å². The minimum atomic E-state index is -4.75. The van der Waals surface area contributed by atoms with Crippen LogP contribution >= 0.6 is 11.6 Å². The first-order valence-corrected chi connectivity index (χ1v) is 4.48. The fourth-order valence-electron chi connectivity index (χ4n) is 0.854. The molecule has 2 N–H and O–H groups in total. The van der Waals surface area contributed by atoms with E-state index in [1.165, 1.54) is 0 Å². The van der Waals surface area contributed by atoms with Crippen LogP contribution in [0, 0.1) is 5.82 Å². The summed E-state index contributed by atoms with van der Waals surface area (Å²) in [6, 6.07) is 0.900. The average molecular weight is 259 g/mol. The van der Waals surface area contributed by atoms with Crippen LogP contribution in [-0.2, 0) is 0 Å². The Morgan fingerprint density at radius 2 is 2.12 bits per heavy atom. The molecule has 90 valence electrons. The molecule has 0 radical (unpaired) electrons. The third-order valence-electron chi connectivity index (χ3n) is 1.65. The molecule has 0 aliphatic carbocycles. The number of aliphatic hydroxyl groups is 1. The molecule has 0 aromatic carbocycles. The zero-order valence-electron chi connectivity index (χ0n) is 7.72. The maximum Gasteiger partial charge on any atom is 0.416 e. The molecule has 1 aromatic rings. The van der Waals surface area contributed by atoms with Crippen molar-refractivity contribution < 1.29 is 22.7 Å². The Labute approximate surface area is 93.1 Å². The van der Waals surface area contributed by atoms with Gasteiger partial charge in [-0.1, -0.05) is 11.6 Å². The lowest BCUT2D eigenvalue weighted by Crippen LogP contribution is -2.35. The predicted molar refractivity (Wildman–Crippen MR) is 49.8 cm³/mol. The zero-order valence-corrected chi connectivity index (χ0v) is 8.48. The van der Waals surface area contributed by atoms with Crippen LogP contribution in [0.15, 0.2) is 12.3 Å². The smallest absolute Gasteiger partial charge is 0.382 e. The van der Waals surface area contributed by atoms with Crippen LogP contribution in [0.4, 0.5) is 23.4 Å². The first kappa shape index (κ1) is 13.0. The van der Waals surface area contributed by atoms with Gasteiger partial charge in [-0.2, -0.15) is 13.2 Å². The van der Waals surface area contributed by atoms with E-state index in [1.54, 1.807) is 0 Å². The molecule has 0 fully saturated rings. The van der Waals surface area contributed by atoms with Crippen LogP contribution in [0.3, 0.4) is 0 Å². The van der Waals surface area contributed by atoms with Gasteiger partial charge in [0, 0.05) is 6.20 Å². The van der Waals surface area contributed by atoms with E-state index in [9.17, 15) is 17.6 Å². The van der Waals surface area contributed by atoms with Gasteiger partial charge in [0.2, 0.25) is 0 Å². The van der Waals surface area contributed by atoms with Crippen molar-refractivity contribution in [2.45, 2.75) is 12.3 Å². The van der Waals surface area contributed by atoms with Gasteiger partial charge in [0.05, 0.1) is 11.6 Å². The molecular formula is C8H7ClF4N2O. The van der Waals surface area contributed by atoms with E-state index in [0.29, 0.717) is 0 Å². The number of anilines is 1. The molecule has 0 bridgehead atoms. The lowest BCUT2D eigenvalue weighted by molar-refractivity contribution is -0.198. The van der Waals surface area contributed by atoms with E-state index in [-0.39, 0.29) is 5.02 Å². The van der Waals surface area contributed by atoms with Crippen molar-refractivity contribution in [1.82, 2.24) is 4.98 Å². The Morgan fingerprint density at radius 3 is 2.62 bits per heavy atom. The first-order valence-electron chi connectivity index (χ1n) is 4.10. The van der Waals surface area contributed by atoms with Crippen molar-refractivity contribution in [2.75, 3.05) is 11.9 Å². The predicted octanol–water partition coefficient (Wildman–Crippen LogP) is 2.21. The largest absolute Gasteiger partial charge is 0.416 e. The molecule has 1 rings (SSSR count). The molecule has 0 saturated heterocycles. The molecule has 1 heterocycles. The number of nitrogens with one attached hydrogen (secondary N) is 1. The maximum absolute atomic E-state index is 13.0. The van der Waals surface area contributed by atoms with E-state index in [2.05, 4.69) is 4.98 Å². The van der Waals surface area contributed by atoms with Gasteiger partial charge in [0.15, 0.2) is 17.7 Å². The zero-order chi connectivity index (χ0) is 12.3. The number of rotatable bonds is 3. The van der Waals surface area contributed by atoms with E-state index in [1.807, 2.05) is 5.32 Å². The normalized spacial score (nSPS) is 13.6. The van der Waals surface area contributed by atoms with Crippen LogP contribution in [-0.4, -0.2) is 28.9 Å². The van der Waals surface area contributed by atoms with Crippen LogP contribution in [0.1, 0.15) is 0 Å². The lowest BCUT2D eigenvalue weighted by Gasteiger charge is -2.15. The number of alkyl halides is 3. The van der Waals surface area contributed by atoms with Crippen LogP contribution in [0.25, 0.3) is 0 Å². The molecule has 0 saturated carbocycles. The quantitative estimate of drug-likeness (QED) is 0.817.